The van der Waals surface area contributed by atoms with Crippen LogP contribution in [-0.2, 0) is 6.18 Å². The maximum atomic E-state index is 12.9. The summed E-state index contributed by atoms with van der Waals surface area (Å²) in [7, 11) is 0. The lowest BCUT2D eigenvalue weighted by Crippen LogP contribution is -2.20. The molecule has 0 atom stereocenters. The average Bonchev–Trinajstić information content (AvgIpc) is 3.31. The van der Waals surface area contributed by atoms with Crippen molar-refractivity contribution in [1.29, 1.82) is 0 Å². The van der Waals surface area contributed by atoms with Crippen molar-refractivity contribution in [2.24, 2.45) is 5.10 Å². The Morgan fingerprint density at radius 2 is 1.34 bits per heavy atom. The van der Waals surface area contributed by atoms with E-state index in [9.17, 15) is 18.0 Å². The number of carbonyl (C=O) groups is 1. The van der Waals surface area contributed by atoms with Gasteiger partial charge in [0.15, 0.2) is 5.76 Å². The Balaban J connectivity index is 1.60. The number of hydrogen-bond acceptors (Lipinski definition) is 3. The molecule has 0 aliphatic carbocycles. The predicted octanol–water partition coefficient (Wildman–Crippen LogP) is 6.15. The van der Waals surface area contributed by atoms with Crippen LogP contribution in [-0.4, -0.2) is 11.6 Å². The number of hydrazone groups is 1. The monoisotopic (exact) mass is 434 g/mol. The summed E-state index contributed by atoms with van der Waals surface area (Å²) < 4.78 is 44.4. The molecule has 1 heterocycles. The van der Waals surface area contributed by atoms with Gasteiger partial charge in [-0.25, -0.2) is 5.43 Å². The molecule has 1 aromatic heterocycles. The molecular weight excluding hydrogens is 417 g/mol. The molecular formula is C25H17F3N2O2. The van der Waals surface area contributed by atoms with Gasteiger partial charge in [-0.3, -0.25) is 4.79 Å². The number of halogens is 3. The maximum absolute atomic E-state index is 12.9. The standard InChI is InChI=1S/C25H17F3N2O2/c26-25(27,28)20-13-11-19(12-14-20)23(18-9-5-2-6-10-18)29-30-24(31)22-16-15-21(32-22)17-7-3-1-4-8-17/h1-16H,(H,30,31). The molecule has 0 saturated carbocycles. The molecule has 0 fully saturated rings. The minimum atomic E-state index is -4.44. The van der Waals surface area contributed by atoms with Crippen LogP contribution >= 0.6 is 0 Å². The van der Waals surface area contributed by atoms with Crippen LogP contribution in [0.5, 0.6) is 0 Å². The summed E-state index contributed by atoms with van der Waals surface area (Å²) in [5, 5.41) is 4.19. The van der Waals surface area contributed by atoms with Gasteiger partial charge < -0.3 is 4.42 Å². The lowest BCUT2D eigenvalue weighted by atomic mass is 10.0. The van der Waals surface area contributed by atoms with E-state index in [1.165, 1.54) is 18.2 Å². The van der Waals surface area contributed by atoms with E-state index in [1.54, 1.807) is 36.4 Å². The van der Waals surface area contributed by atoms with E-state index < -0.39 is 17.6 Å². The van der Waals surface area contributed by atoms with E-state index in [1.807, 2.05) is 30.3 Å². The zero-order chi connectivity index (χ0) is 22.6. The van der Waals surface area contributed by atoms with Crippen LogP contribution < -0.4 is 5.43 Å². The van der Waals surface area contributed by atoms with Crippen LogP contribution in [0.4, 0.5) is 13.2 Å². The van der Waals surface area contributed by atoms with E-state index >= 15 is 0 Å². The lowest BCUT2D eigenvalue weighted by Gasteiger charge is -2.10. The van der Waals surface area contributed by atoms with Crippen molar-refractivity contribution in [1.82, 2.24) is 5.43 Å². The minimum absolute atomic E-state index is 0.0624. The highest BCUT2D eigenvalue weighted by molar-refractivity contribution is 6.13. The van der Waals surface area contributed by atoms with Crippen LogP contribution in [0.3, 0.4) is 0 Å². The summed E-state index contributed by atoms with van der Waals surface area (Å²) in [6, 6.07) is 26.0. The first-order valence-electron chi connectivity index (χ1n) is 9.68. The normalized spacial score (nSPS) is 11.9. The van der Waals surface area contributed by atoms with Crippen LogP contribution in [0.1, 0.15) is 27.2 Å². The van der Waals surface area contributed by atoms with E-state index in [-0.39, 0.29) is 5.76 Å². The molecule has 3 aromatic carbocycles. The van der Waals surface area contributed by atoms with Crippen molar-refractivity contribution in [2.75, 3.05) is 0 Å². The predicted molar refractivity (Wildman–Crippen MR) is 115 cm³/mol. The average molecular weight is 434 g/mol. The van der Waals surface area contributed by atoms with Gasteiger partial charge in [-0.05, 0) is 24.3 Å². The van der Waals surface area contributed by atoms with Gasteiger partial charge in [0.2, 0.25) is 0 Å². The molecule has 0 aliphatic rings. The van der Waals surface area contributed by atoms with Gasteiger partial charge in [-0.15, -0.1) is 0 Å². The van der Waals surface area contributed by atoms with Crippen molar-refractivity contribution in [3.63, 3.8) is 0 Å². The van der Waals surface area contributed by atoms with E-state index in [4.69, 9.17) is 4.42 Å². The van der Waals surface area contributed by atoms with Gasteiger partial charge >= 0.3 is 12.1 Å². The highest BCUT2D eigenvalue weighted by Gasteiger charge is 2.30. The van der Waals surface area contributed by atoms with Crippen molar-refractivity contribution < 1.29 is 22.4 Å². The molecule has 1 N–H and O–H groups in total. The second kappa shape index (κ2) is 8.93. The highest BCUT2D eigenvalue weighted by atomic mass is 19.4. The first-order valence-corrected chi connectivity index (χ1v) is 9.68. The smallest absolute Gasteiger partial charge is 0.416 e. The van der Waals surface area contributed by atoms with Gasteiger partial charge in [-0.2, -0.15) is 18.3 Å². The summed E-state index contributed by atoms with van der Waals surface area (Å²) in [6.45, 7) is 0. The molecule has 0 aliphatic heterocycles. The summed E-state index contributed by atoms with van der Waals surface area (Å²) in [4.78, 5) is 12.6. The molecule has 7 heteroatoms. The van der Waals surface area contributed by atoms with Gasteiger partial charge in [0.05, 0.1) is 11.3 Å². The van der Waals surface area contributed by atoms with Gasteiger partial charge in [0.25, 0.3) is 0 Å². The number of rotatable bonds is 5. The van der Waals surface area contributed by atoms with Crippen LogP contribution in [0.2, 0.25) is 0 Å². The Kier molecular flexibility index (Phi) is 5.89. The summed E-state index contributed by atoms with van der Waals surface area (Å²) in [5.74, 6) is 0.0192. The molecule has 4 nitrogen and oxygen atoms in total. The van der Waals surface area contributed by atoms with Crippen molar-refractivity contribution in [3.8, 4) is 11.3 Å². The molecule has 0 radical (unpaired) electrons. The molecule has 1 amide bonds. The number of alkyl halides is 3. The van der Waals surface area contributed by atoms with Crippen LogP contribution in [0.25, 0.3) is 11.3 Å². The molecule has 32 heavy (non-hydrogen) atoms. The van der Waals surface area contributed by atoms with Gasteiger partial charge in [-0.1, -0.05) is 72.8 Å². The van der Waals surface area contributed by atoms with E-state index in [0.29, 0.717) is 22.6 Å². The Morgan fingerprint density at radius 3 is 1.97 bits per heavy atom. The number of hydrogen-bond donors (Lipinski definition) is 1. The topological polar surface area (TPSA) is 54.6 Å². The maximum Gasteiger partial charge on any atom is 0.416 e. The zero-order valence-electron chi connectivity index (χ0n) is 16.6. The molecule has 0 saturated heterocycles. The third-order valence-electron chi connectivity index (χ3n) is 4.69. The number of nitrogens with one attached hydrogen (secondary N) is 1. The third kappa shape index (κ3) is 4.78. The van der Waals surface area contributed by atoms with Crippen molar-refractivity contribution in [3.05, 3.63) is 120 Å². The first-order chi connectivity index (χ1) is 15.4. The fourth-order valence-electron chi connectivity index (χ4n) is 3.09. The Bertz CT molecular complexity index is 1230. The number of carbonyl (C=O) groups excluding carboxylic acids is 1. The Morgan fingerprint density at radius 1 is 0.750 bits per heavy atom. The Hall–Kier alpha value is -4.13. The largest absolute Gasteiger partial charge is 0.451 e. The van der Waals surface area contributed by atoms with Gasteiger partial charge in [0, 0.05) is 16.7 Å². The first kappa shape index (κ1) is 21.1. The number of nitrogens with zero attached hydrogens (tertiary/aromatic N) is 1. The quantitative estimate of drug-likeness (QED) is 0.303. The SMILES string of the molecule is O=C(NN=C(c1ccccc1)c1ccc(C(F)(F)F)cc1)c1ccc(-c2ccccc2)o1. The lowest BCUT2D eigenvalue weighted by molar-refractivity contribution is -0.137. The number of benzene rings is 3. The molecule has 4 rings (SSSR count). The zero-order valence-corrected chi connectivity index (χ0v) is 16.6. The molecule has 4 aromatic rings. The second-order valence-corrected chi connectivity index (χ2v) is 6.87. The number of furan rings is 1. The van der Waals surface area contributed by atoms with E-state index in [0.717, 1.165) is 17.7 Å². The van der Waals surface area contributed by atoms with Crippen LogP contribution in [0.15, 0.2) is 107 Å². The molecule has 0 spiro atoms. The van der Waals surface area contributed by atoms with E-state index in [2.05, 4.69) is 10.5 Å². The minimum Gasteiger partial charge on any atom is -0.451 e. The summed E-state index contributed by atoms with van der Waals surface area (Å²) >= 11 is 0. The van der Waals surface area contributed by atoms with Gasteiger partial charge in [0.1, 0.15) is 5.76 Å². The van der Waals surface area contributed by atoms with Crippen LogP contribution in [0, 0.1) is 0 Å². The fraction of sp³-hybridized carbons (Fsp3) is 0.0400. The molecule has 0 unspecified atom stereocenters. The third-order valence-corrected chi connectivity index (χ3v) is 4.69. The summed E-state index contributed by atoms with van der Waals surface area (Å²) in [5.41, 5.74) is 3.88. The Labute approximate surface area is 182 Å². The number of amides is 1. The summed E-state index contributed by atoms with van der Waals surface area (Å²) in [6.07, 6.45) is -4.44. The molecule has 160 valence electrons. The van der Waals surface area contributed by atoms with Crippen molar-refractivity contribution in [2.45, 2.75) is 6.18 Å². The molecule has 0 bridgehead atoms. The highest BCUT2D eigenvalue weighted by Crippen LogP contribution is 2.29. The second-order valence-electron chi connectivity index (χ2n) is 6.87. The van der Waals surface area contributed by atoms with Crippen molar-refractivity contribution >= 4 is 11.6 Å². The fourth-order valence-corrected chi connectivity index (χ4v) is 3.09.